The summed E-state index contributed by atoms with van der Waals surface area (Å²) >= 11 is 3.29. The van der Waals surface area contributed by atoms with Crippen LogP contribution in [0.1, 0.15) is 42.7 Å². The van der Waals surface area contributed by atoms with E-state index >= 15 is 0 Å². The van der Waals surface area contributed by atoms with Crippen LogP contribution in [0.25, 0.3) is 0 Å². The normalized spacial score (nSPS) is 12.9. The molecule has 1 aromatic heterocycles. The summed E-state index contributed by atoms with van der Waals surface area (Å²) in [5, 5.41) is 0. The molecule has 1 aromatic carbocycles. The Morgan fingerprint density at radius 1 is 1.11 bits per heavy atom. The van der Waals surface area contributed by atoms with Crippen molar-refractivity contribution in [3.63, 3.8) is 0 Å². The largest absolute Gasteiger partial charge is 0.453 e. The van der Waals surface area contributed by atoms with Gasteiger partial charge >= 0.3 is 0 Å². The molecule has 1 heterocycles. The molecule has 1 atom stereocenters. The van der Waals surface area contributed by atoms with Crippen LogP contribution in [-0.4, -0.2) is 0 Å². The maximum absolute atomic E-state index is 6.12. The monoisotopic (exact) mass is 307 g/mol. The maximum Gasteiger partial charge on any atom is 0.169 e. The molecule has 18 heavy (non-hydrogen) atoms. The van der Waals surface area contributed by atoms with Crippen molar-refractivity contribution in [3.8, 4) is 0 Å². The zero-order valence-corrected chi connectivity index (χ0v) is 12.3. The van der Waals surface area contributed by atoms with Gasteiger partial charge in [-0.25, -0.2) is 0 Å². The summed E-state index contributed by atoms with van der Waals surface area (Å²) in [6, 6.07) is 12.3. The Morgan fingerprint density at radius 3 is 2.28 bits per heavy atom. The fourth-order valence-electron chi connectivity index (χ4n) is 1.92. The van der Waals surface area contributed by atoms with Crippen LogP contribution in [0, 0.1) is 0 Å². The standard InChI is InChI=1S/C15H18BrNO/c1-10(2)12-5-3-11(4-6-12)9-13(17)14-7-8-15(16)18-14/h3-8,10,13H,9,17H2,1-2H3. The summed E-state index contributed by atoms with van der Waals surface area (Å²) in [5.74, 6) is 1.38. The van der Waals surface area contributed by atoms with Crippen molar-refractivity contribution >= 4 is 15.9 Å². The Morgan fingerprint density at radius 2 is 1.78 bits per heavy atom. The van der Waals surface area contributed by atoms with E-state index in [-0.39, 0.29) is 6.04 Å². The quantitative estimate of drug-likeness (QED) is 0.909. The predicted molar refractivity (Wildman–Crippen MR) is 77.6 cm³/mol. The first-order valence-corrected chi connectivity index (χ1v) is 6.95. The molecular formula is C15H18BrNO. The van der Waals surface area contributed by atoms with Crippen molar-refractivity contribution in [3.05, 3.63) is 58.0 Å². The number of benzene rings is 1. The third-order valence-electron chi connectivity index (χ3n) is 3.06. The van der Waals surface area contributed by atoms with Gasteiger partial charge < -0.3 is 10.2 Å². The van der Waals surface area contributed by atoms with Gasteiger partial charge in [0.2, 0.25) is 0 Å². The second-order valence-corrected chi connectivity index (χ2v) is 5.63. The molecule has 0 aliphatic heterocycles. The van der Waals surface area contributed by atoms with Crippen LogP contribution in [0.2, 0.25) is 0 Å². The first-order valence-electron chi connectivity index (χ1n) is 6.16. The van der Waals surface area contributed by atoms with E-state index in [1.807, 2.05) is 12.1 Å². The highest BCUT2D eigenvalue weighted by Crippen LogP contribution is 2.22. The summed E-state index contributed by atoms with van der Waals surface area (Å²) in [6.07, 6.45) is 0.790. The smallest absolute Gasteiger partial charge is 0.169 e. The van der Waals surface area contributed by atoms with Gasteiger partial charge in [-0.15, -0.1) is 0 Å². The molecule has 2 N–H and O–H groups in total. The molecule has 0 spiro atoms. The highest BCUT2D eigenvalue weighted by atomic mass is 79.9. The van der Waals surface area contributed by atoms with Crippen LogP contribution in [0.15, 0.2) is 45.5 Å². The number of nitrogens with two attached hydrogens (primary N) is 1. The van der Waals surface area contributed by atoms with Gasteiger partial charge in [-0.1, -0.05) is 38.1 Å². The molecule has 96 valence electrons. The minimum Gasteiger partial charge on any atom is -0.453 e. The Bertz CT molecular complexity index is 501. The molecule has 0 bridgehead atoms. The van der Waals surface area contributed by atoms with Crippen LogP contribution in [0.5, 0.6) is 0 Å². The van der Waals surface area contributed by atoms with Gasteiger partial charge in [0, 0.05) is 0 Å². The van der Waals surface area contributed by atoms with Crippen molar-refractivity contribution in [2.24, 2.45) is 5.73 Å². The fourth-order valence-corrected chi connectivity index (χ4v) is 2.24. The number of rotatable bonds is 4. The van der Waals surface area contributed by atoms with E-state index in [2.05, 4.69) is 54.0 Å². The average molecular weight is 308 g/mol. The molecule has 2 nitrogen and oxygen atoms in total. The van der Waals surface area contributed by atoms with E-state index in [9.17, 15) is 0 Å². The lowest BCUT2D eigenvalue weighted by Crippen LogP contribution is -2.12. The van der Waals surface area contributed by atoms with E-state index in [1.54, 1.807) is 0 Å². The number of hydrogen-bond acceptors (Lipinski definition) is 2. The van der Waals surface area contributed by atoms with Crippen LogP contribution in [-0.2, 0) is 6.42 Å². The number of furan rings is 1. The molecule has 3 heteroatoms. The van der Waals surface area contributed by atoms with Crippen molar-refractivity contribution in [1.29, 1.82) is 0 Å². The minimum atomic E-state index is -0.0961. The van der Waals surface area contributed by atoms with Crippen molar-refractivity contribution < 1.29 is 4.42 Å². The first kappa shape index (κ1) is 13.4. The van der Waals surface area contributed by atoms with Crippen LogP contribution < -0.4 is 5.73 Å². The lowest BCUT2D eigenvalue weighted by atomic mass is 9.99. The van der Waals surface area contributed by atoms with E-state index in [0.717, 1.165) is 16.9 Å². The molecule has 2 aromatic rings. The van der Waals surface area contributed by atoms with Gasteiger partial charge in [0.15, 0.2) is 4.67 Å². The number of hydrogen-bond donors (Lipinski definition) is 1. The lowest BCUT2D eigenvalue weighted by Gasteiger charge is -2.10. The third-order valence-corrected chi connectivity index (χ3v) is 3.49. The Balaban J connectivity index is 2.05. The van der Waals surface area contributed by atoms with Crippen molar-refractivity contribution in [2.75, 3.05) is 0 Å². The van der Waals surface area contributed by atoms with E-state index in [4.69, 9.17) is 10.2 Å². The molecule has 2 rings (SSSR count). The second-order valence-electron chi connectivity index (χ2n) is 4.85. The van der Waals surface area contributed by atoms with Gasteiger partial charge in [0.1, 0.15) is 5.76 Å². The van der Waals surface area contributed by atoms with E-state index < -0.39 is 0 Å². The average Bonchev–Trinajstić information content (AvgIpc) is 2.76. The van der Waals surface area contributed by atoms with Crippen LogP contribution in [0.4, 0.5) is 0 Å². The maximum atomic E-state index is 6.12. The molecule has 0 fully saturated rings. The molecule has 0 radical (unpaired) electrons. The molecule has 0 aliphatic rings. The summed E-state index contributed by atoms with van der Waals surface area (Å²) in [7, 11) is 0. The zero-order valence-electron chi connectivity index (χ0n) is 10.7. The minimum absolute atomic E-state index is 0.0961. The summed E-state index contributed by atoms with van der Waals surface area (Å²) in [4.78, 5) is 0. The van der Waals surface area contributed by atoms with Gasteiger partial charge in [0.25, 0.3) is 0 Å². The van der Waals surface area contributed by atoms with Gasteiger partial charge in [-0.3, -0.25) is 0 Å². The van der Waals surface area contributed by atoms with Crippen LogP contribution in [0.3, 0.4) is 0 Å². The molecule has 0 amide bonds. The second kappa shape index (κ2) is 5.72. The molecule has 0 saturated heterocycles. The van der Waals surface area contributed by atoms with Gasteiger partial charge in [0.05, 0.1) is 6.04 Å². The summed E-state index contributed by atoms with van der Waals surface area (Å²) in [5.41, 5.74) is 8.71. The Kier molecular flexibility index (Phi) is 4.25. The molecular weight excluding hydrogens is 290 g/mol. The number of halogens is 1. The highest BCUT2D eigenvalue weighted by Gasteiger charge is 2.11. The molecule has 0 saturated carbocycles. The molecule has 1 unspecified atom stereocenters. The topological polar surface area (TPSA) is 39.2 Å². The Hall–Kier alpha value is -1.06. The van der Waals surface area contributed by atoms with E-state index in [0.29, 0.717) is 5.92 Å². The first-order chi connectivity index (χ1) is 8.56. The lowest BCUT2D eigenvalue weighted by molar-refractivity contribution is 0.448. The summed E-state index contributed by atoms with van der Waals surface area (Å²) in [6.45, 7) is 4.39. The molecule has 0 aliphatic carbocycles. The zero-order chi connectivity index (χ0) is 13.1. The van der Waals surface area contributed by atoms with E-state index in [1.165, 1.54) is 11.1 Å². The van der Waals surface area contributed by atoms with Gasteiger partial charge in [-0.05, 0) is 51.5 Å². The van der Waals surface area contributed by atoms with Gasteiger partial charge in [-0.2, -0.15) is 0 Å². The highest BCUT2D eigenvalue weighted by molar-refractivity contribution is 9.10. The van der Waals surface area contributed by atoms with Crippen molar-refractivity contribution in [2.45, 2.75) is 32.2 Å². The third kappa shape index (κ3) is 3.24. The fraction of sp³-hybridized carbons (Fsp3) is 0.333. The SMILES string of the molecule is CC(C)c1ccc(CC(N)c2ccc(Br)o2)cc1. The predicted octanol–water partition coefficient (Wildman–Crippen LogP) is 4.41. The van der Waals surface area contributed by atoms with Crippen LogP contribution >= 0.6 is 15.9 Å². The Labute approximate surface area is 116 Å². The van der Waals surface area contributed by atoms with Crippen molar-refractivity contribution in [1.82, 2.24) is 0 Å². The summed E-state index contributed by atoms with van der Waals surface area (Å²) < 4.78 is 6.20.